The first-order valence-corrected chi connectivity index (χ1v) is 10.6. The number of benzene rings is 3. The van der Waals surface area contributed by atoms with Gasteiger partial charge in [0.2, 0.25) is 11.6 Å². The zero-order chi connectivity index (χ0) is 22.2. The molecule has 6 rings (SSSR count). The van der Waals surface area contributed by atoms with Gasteiger partial charge in [-0.05, 0) is 23.8 Å². The number of aromatic nitrogens is 6. The average Bonchev–Trinajstić information content (AvgIpc) is 3.45. The normalized spacial score (nSPS) is 11.3. The Bertz CT molecular complexity index is 1570. The molecule has 0 atom stereocenters. The van der Waals surface area contributed by atoms with Crippen molar-refractivity contribution in [3.05, 3.63) is 96.8 Å². The van der Waals surface area contributed by atoms with Crippen LogP contribution in [-0.4, -0.2) is 29.4 Å². The van der Waals surface area contributed by atoms with Crippen molar-refractivity contribution in [3.8, 4) is 11.3 Å². The lowest BCUT2D eigenvalue weighted by atomic mass is 10.1. The molecule has 0 saturated carbocycles. The molecule has 0 bridgehead atoms. The van der Waals surface area contributed by atoms with Crippen LogP contribution in [0.4, 0.5) is 17.5 Å². The molecular weight excluding hydrogens is 412 g/mol. The molecule has 160 valence electrons. The topological polar surface area (TPSA) is 99.0 Å². The maximum Gasteiger partial charge on any atom is 0.247 e. The van der Waals surface area contributed by atoms with E-state index in [4.69, 9.17) is 5.73 Å². The molecule has 8 heteroatoms. The second kappa shape index (κ2) is 7.76. The number of para-hydroxylation sites is 1. The van der Waals surface area contributed by atoms with Gasteiger partial charge < -0.3 is 11.1 Å². The van der Waals surface area contributed by atoms with Gasteiger partial charge in [0.15, 0.2) is 5.82 Å². The Hall–Kier alpha value is -4.72. The standard InChI is InChI=1S/C25H20N8/c26-23-24-30-25(29-20-9-5-2-6-10-20)31-33(24)22(15-27-23)18-11-12-19-14-28-32(21(19)13-18)16-17-7-3-1-4-8-17/h1-15H,16H2,(H2,26,27)(H,29,31). The van der Waals surface area contributed by atoms with E-state index in [0.717, 1.165) is 27.8 Å². The van der Waals surface area contributed by atoms with E-state index in [1.54, 1.807) is 10.7 Å². The van der Waals surface area contributed by atoms with Crippen LogP contribution in [0.25, 0.3) is 27.8 Å². The van der Waals surface area contributed by atoms with Gasteiger partial charge >= 0.3 is 0 Å². The highest BCUT2D eigenvalue weighted by Gasteiger charge is 2.14. The number of hydrogen-bond acceptors (Lipinski definition) is 6. The molecule has 0 unspecified atom stereocenters. The number of nitrogens with zero attached hydrogens (tertiary/aromatic N) is 6. The summed E-state index contributed by atoms with van der Waals surface area (Å²) in [6.45, 7) is 0.692. The lowest BCUT2D eigenvalue weighted by Gasteiger charge is -2.08. The molecule has 3 heterocycles. The van der Waals surface area contributed by atoms with Crippen LogP contribution in [0.1, 0.15) is 5.56 Å². The van der Waals surface area contributed by atoms with E-state index in [2.05, 4.69) is 49.7 Å². The minimum atomic E-state index is 0.322. The van der Waals surface area contributed by atoms with Gasteiger partial charge in [-0.15, -0.1) is 5.10 Å². The zero-order valence-corrected chi connectivity index (χ0v) is 17.6. The molecule has 0 radical (unpaired) electrons. The van der Waals surface area contributed by atoms with Gasteiger partial charge in [0.1, 0.15) is 0 Å². The Morgan fingerprint density at radius 3 is 2.48 bits per heavy atom. The minimum absolute atomic E-state index is 0.322. The van der Waals surface area contributed by atoms with Gasteiger partial charge in [-0.1, -0.05) is 60.7 Å². The fourth-order valence-electron chi connectivity index (χ4n) is 3.90. The molecule has 33 heavy (non-hydrogen) atoms. The minimum Gasteiger partial charge on any atom is -0.381 e. The number of anilines is 3. The summed E-state index contributed by atoms with van der Waals surface area (Å²) in [7, 11) is 0. The maximum absolute atomic E-state index is 6.12. The van der Waals surface area contributed by atoms with Gasteiger partial charge in [-0.2, -0.15) is 10.1 Å². The van der Waals surface area contributed by atoms with Crippen molar-refractivity contribution in [2.75, 3.05) is 11.1 Å². The fraction of sp³-hybridized carbons (Fsp3) is 0.0400. The van der Waals surface area contributed by atoms with Crippen LogP contribution in [0.5, 0.6) is 0 Å². The molecule has 0 amide bonds. The predicted molar refractivity (Wildman–Crippen MR) is 129 cm³/mol. The van der Waals surface area contributed by atoms with Crippen molar-refractivity contribution >= 4 is 34.0 Å². The smallest absolute Gasteiger partial charge is 0.247 e. The average molecular weight is 432 g/mol. The van der Waals surface area contributed by atoms with Crippen molar-refractivity contribution in [1.29, 1.82) is 0 Å². The van der Waals surface area contributed by atoms with Crippen molar-refractivity contribution in [3.63, 3.8) is 0 Å². The number of nitrogens with two attached hydrogens (primary N) is 1. The Morgan fingerprint density at radius 2 is 1.67 bits per heavy atom. The molecule has 3 N–H and O–H groups in total. The summed E-state index contributed by atoms with van der Waals surface area (Å²) >= 11 is 0. The monoisotopic (exact) mass is 432 g/mol. The highest BCUT2D eigenvalue weighted by atomic mass is 15.4. The number of nitrogens with one attached hydrogen (secondary N) is 1. The molecule has 0 aliphatic heterocycles. The van der Waals surface area contributed by atoms with E-state index >= 15 is 0 Å². The Kier molecular flexibility index (Phi) is 4.47. The number of hydrogen-bond donors (Lipinski definition) is 2. The molecule has 0 spiro atoms. The Labute approximate surface area is 189 Å². The third-order valence-electron chi connectivity index (χ3n) is 5.54. The number of fused-ring (bicyclic) bond motifs is 2. The second-order valence-corrected chi connectivity index (χ2v) is 7.75. The zero-order valence-electron chi connectivity index (χ0n) is 17.6. The summed E-state index contributed by atoms with van der Waals surface area (Å²) in [4.78, 5) is 8.92. The van der Waals surface area contributed by atoms with Crippen LogP contribution >= 0.6 is 0 Å². The van der Waals surface area contributed by atoms with Crippen molar-refractivity contribution in [1.82, 2.24) is 29.4 Å². The van der Waals surface area contributed by atoms with Crippen molar-refractivity contribution in [2.24, 2.45) is 0 Å². The summed E-state index contributed by atoms with van der Waals surface area (Å²) < 4.78 is 3.73. The molecule has 0 aliphatic rings. The van der Waals surface area contributed by atoms with Crippen LogP contribution in [0.15, 0.2) is 91.3 Å². The largest absolute Gasteiger partial charge is 0.381 e. The molecular formula is C25H20N8. The molecule has 3 aromatic carbocycles. The lowest BCUT2D eigenvalue weighted by molar-refractivity contribution is 0.712. The SMILES string of the molecule is Nc1ncc(-c2ccc3cnn(Cc4ccccc4)c3c2)n2nc(Nc3ccccc3)nc12. The Morgan fingerprint density at radius 1 is 0.879 bits per heavy atom. The Balaban J connectivity index is 1.42. The quantitative estimate of drug-likeness (QED) is 0.416. The van der Waals surface area contributed by atoms with Gasteiger partial charge in [0, 0.05) is 16.6 Å². The maximum atomic E-state index is 6.12. The van der Waals surface area contributed by atoms with E-state index in [1.165, 1.54) is 5.56 Å². The molecule has 3 aromatic heterocycles. The highest BCUT2D eigenvalue weighted by molar-refractivity contribution is 5.84. The van der Waals surface area contributed by atoms with E-state index < -0.39 is 0 Å². The molecule has 0 aliphatic carbocycles. The molecule has 0 saturated heterocycles. The first-order valence-electron chi connectivity index (χ1n) is 10.6. The third-order valence-corrected chi connectivity index (χ3v) is 5.54. The second-order valence-electron chi connectivity index (χ2n) is 7.75. The summed E-state index contributed by atoms with van der Waals surface area (Å²) in [5, 5.41) is 13.5. The molecule has 6 aromatic rings. The van der Waals surface area contributed by atoms with Crippen LogP contribution in [0.2, 0.25) is 0 Å². The van der Waals surface area contributed by atoms with Crippen LogP contribution in [-0.2, 0) is 6.54 Å². The molecule has 0 fully saturated rings. The molecule has 8 nitrogen and oxygen atoms in total. The highest BCUT2D eigenvalue weighted by Crippen LogP contribution is 2.27. The van der Waals surface area contributed by atoms with E-state index in [0.29, 0.717) is 24.0 Å². The predicted octanol–water partition coefficient (Wildman–Crippen LogP) is 4.52. The lowest BCUT2D eigenvalue weighted by Crippen LogP contribution is -2.02. The number of nitrogen functional groups attached to an aromatic ring is 1. The summed E-state index contributed by atoms with van der Waals surface area (Å²) in [6, 6.07) is 26.3. The van der Waals surface area contributed by atoms with Gasteiger partial charge in [0.25, 0.3) is 0 Å². The third kappa shape index (κ3) is 3.53. The summed E-state index contributed by atoms with van der Waals surface area (Å²) in [6.07, 6.45) is 3.61. The fourth-order valence-corrected chi connectivity index (χ4v) is 3.90. The van der Waals surface area contributed by atoms with Gasteiger partial charge in [-0.3, -0.25) is 4.68 Å². The summed E-state index contributed by atoms with van der Waals surface area (Å²) in [5.41, 5.74) is 11.5. The van der Waals surface area contributed by atoms with E-state index in [9.17, 15) is 0 Å². The van der Waals surface area contributed by atoms with Crippen LogP contribution in [0, 0.1) is 0 Å². The summed E-state index contributed by atoms with van der Waals surface area (Å²) in [5.74, 6) is 0.778. The van der Waals surface area contributed by atoms with Crippen molar-refractivity contribution in [2.45, 2.75) is 6.54 Å². The van der Waals surface area contributed by atoms with E-state index in [1.807, 2.05) is 65.5 Å². The number of rotatable bonds is 5. The van der Waals surface area contributed by atoms with Crippen LogP contribution < -0.4 is 11.1 Å². The van der Waals surface area contributed by atoms with Gasteiger partial charge in [-0.25, -0.2) is 9.50 Å². The first-order chi connectivity index (χ1) is 16.2. The first kappa shape index (κ1) is 19.0. The van der Waals surface area contributed by atoms with Gasteiger partial charge in [0.05, 0.1) is 30.1 Å². The van der Waals surface area contributed by atoms with Crippen molar-refractivity contribution < 1.29 is 0 Å². The van der Waals surface area contributed by atoms with E-state index in [-0.39, 0.29) is 0 Å². The van der Waals surface area contributed by atoms with Crippen LogP contribution in [0.3, 0.4) is 0 Å².